The van der Waals surface area contributed by atoms with Crippen molar-refractivity contribution in [1.29, 1.82) is 0 Å². The normalized spacial score (nSPS) is 11.6. The van der Waals surface area contributed by atoms with Gasteiger partial charge in [0.25, 0.3) is 0 Å². The third-order valence-corrected chi connectivity index (χ3v) is 4.81. The molecule has 2 aromatic carbocycles. The van der Waals surface area contributed by atoms with Gasteiger partial charge in [0.15, 0.2) is 0 Å². The fourth-order valence-corrected chi connectivity index (χ4v) is 2.80. The first-order valence-electron chi connectivity index (χ1n) is 6.40. The second-order valence-electron chi connectivity index (χ2n) is 4.80. The molecular weight excluding hydrogens is 291 g/mol. The van der Waals surface area contributed by atoms with Crippen molar-refractivity contribution in [3.8, 4) is 0 Å². The zero-order valence-corrected chi connectivity index (χ0v) is 12.7. The van der Waals surface area contributed by atoms with Crippen LogP contribution >= 0.6 is 0 Å². The van der Waals surface area contributed by atoms with E-state index in [0.29, 0.717) is 12.2 Å². The van der Waals surface area contributed by atoms with Gasteiger partial charge in [0.05, 0.1) is 4.90 Å². The van der Waals surface area contributed by atoms with E-state index in [1.54, 1.807) is 30.3 Å². The molecule has 21 heavy (non-hydrogen) atoms. The minimum absolute atomic E-state index is 0.242. The van der Waals surface area contributed by atoms with Gasteiger partial charge in [0.2, 0.25) is 10.0 Å². The largest absolute Gasteiger partial charge is 0.381 e. The van der Waals surface area contributed by atoms with Crippen LogP contribution in [0.4, 0.5) is 10.1 Å². The highest BCUT2D eigenvalue weighted by Gasteiger charge is 2.16. The molecule has 0 saturated heterocycles. The van der Waals surface area contributed by atoms with Crippen LogP contribution in [0.2, 0.25) is 0 Å². The average molecular weight is 308 g/mol. The Hall–Kier alpha value is -1.92. The number of nitrogens with one attached hydrogen (secondary N) is 1. The van der Waals surface area contributed by atoms with Crippen molar-refractivity contribution in [3.63, 3.8) is 0 Å². The summed E-state index contributed by atoms with van der Waals surface area (Å²) in [5, 5.41) is 3.06. The van der Waals surface area contributed by atoms with Gasteiger partial charge in [-0.25, -0.2) is 17.1 Å². The molecule has 0 aliphatic carbocycles. The molecular formula is C15H17FN2O2S. The highest BCUT2D eigenvalue weighted by Crippen LogP contribution is 2.16. The van der Waals surface area contributed by atoms with E-state index >= 15 is 0 Å². The molecule has 112 valence electrons. The maximum Gasteiger partial charge on any atom is 0.242 e. The van der Waals surface area contributed by atoms with Crippen LogP contribution in [0.5, 0.6) is 0 Å². The van der Waals surface area contributed by atoms with E-state index in [1.807, 2.05) is 6.07 Å². The monoisotopic (exact) mass is 308 g/mol. The van der Waals surface area contributed by atoms with Crippen LogP contribution in [0.25, 0.3) is 0 Å². The van der Waals surface area contributed by atoms with Crippen molar-refractivity contribution in [2.45, 2.75) is 11.4 Å². The Balaban J connectivity index is 2.15. The molecule has 0 bridgehead atoms. The van der Waals surface area contributed by atoms with Crippen LogP contribution in [0, 0.1) is 5.82 Å². The van der Waals surface area contributed by atoms with Crippen molar-refractivity contribution in [3.05, 3.63) is 59.9 Å². The van der Waals surface area contributed by atoms with E-state index in [1.165, 1.54) is 30.5 Å². The second-order valence-corrected chi connectivity index (χ2v) is 6.95. The summed E-state index contributed by atoms with van der Waals surface area (Å²) in [6.07, 6.45) is 0. The van der Waals surface area contributed by atoms with Crippen LogP contribution in [-0.2, 0) is 16.6 Å². The number of rotatable bonds is 5. The minimum atomic E-state index is -3.44. The Morgan fingerprint density at radius 3 is 2.48 bits per heavy atom. The Labute approximate surface area is 124 Å². The molecule has 1 N–H and O–H groups in total. The molecule has 6 heteroatoms. The molecule has 2 aromatic rings. The number of anilines is 1. The van der Waals surface area contributed by atoms with Gasteiger partial charge < -0.3 is 5.32 Å². The third kappa shape index (κ3) is 3.80. The molecule has 0 aromatic heterocycles. The van der Waals surface area contributed by atoms with Crippen LogP contribution in [0.1, 0.15) is 5.56 Å². The first-order chi connectivity index (χ1) is 9.89. The van der Waals surface area contributed by atoms with Crippen LogP contribution in [0.15, 0.2) is 53.4 Å². The van der Waals surface area contributed by atoms with Crippen molar-refractivity contribution < 1.29 is 12.8 Å². The first kappa shape index (κ1) is 15.5. The van der Waals surface area contributed by atoms with Crippen LogP contribution in [-0.4, -0.2) is 26.8 Å². The second kappa shape index (κ2) is 6.24. The summed E-state index contributed by atoms with van der Waals surface area (Å²) < 4.78 is 38.4. The van der Waals surface area contributed by atoms with Crippen molar-refractivity contribution >= 4 is 15.7 Å². The van der Waals surface area contributed by atoms with Gasteiger partial charge in [-0.1, -0.05) is 18.2 Å². The first-order valence-corrected chi connectivity index (χ1v) is 7.84. The van der Waals surface area contributed by atoms with Crippen molar-refractivity contribution in [2.24, 2.45) is 0 Å². The molecule has 4 nitrogen and oxygen atoms in total. The van der Waals surface area contributed by atoms with E-state index in [0.717, 1.165) is 5.56 Å². The summed E-state index contributed by atoms with van der Waals surface area (Å²) in [6.45, 7) is 0.417. The van der Waals surface area contributed by atoms with E-state index < -0.39 is 10.0 Å². The predicted molar refractivity (Wildman–Crippen MR) is 81.0 cm³/mol. The van der Waals surface area contributed by atoms with Crippen LogP contribution < -0.4 is 5.32 Å². The Bertz CT molecular complexity index is 730. The number of benzene rings is 2. The van der Waals surface area contributed by atoms with Crippen LogP contribution in [0.3, 0.4) is 0 Å². The number of sulfonamides is 1. The third-order valence-electron chi connectivity index (χ3n) is 3.00. The molecule has 0 spiro atoms. The van der Waals surface area contributed by atoms with Gasteiger partial charge in [-0.2, -0.15) is 0 Å². The number of nitrogens with zero attached hydrogens (tertiary/aromatic N) is 1. The van der Waals surface area contributed by atoms with Crippen molar-refractivity contribution in [1.82, 2.24) is 4.31 Å². The van der Waals surface area contributed by atoms with Crippen molar-refractivity contribution in [2.75, 3.05) is 19.4 Å². The molecule has 0 saturated carbocycles. The molecule has 0 heterocycles. The molecule has 0 aliphatic heterocycles. The quantitative estimate of drug-likeness (QED) is 0.924. The molecule has 0 radical (unpaired) electrons. The highest BCUT2D eigenvalue weighted by atomic mass is 32.2. The lowest BCUT2D eigenvalue weighted by molar-refractivity contribution is 0.520. The van der Waals surface area contributed by atoms with E-state index in [9.17, 15) is 12.8 Å². The Kier molecular flexibility index (Phi) is 4.59. The zero-order chi connectivity index (χ0) is 15.5. The summed E-state index contributed by atoms with van der Waals surface area (Å²) in [5.74, 6) is -0.316. The molecule has 0 atom stereocenters. The Morgan fingerprint density at radius 1 is 1.10 bits per heavy atom. The van der Waals surface area contributed by atoms with Gasteiger partial charge in [0, 0.05) is 26.3 Å². The Morgan fingerprint density at radius 2 is 1.81 bits per heavy atom. The zero-order valence-electron chi connectivity index (χ0n) is 11.9. The van der Waals surface area contributed by atoms with E-state index in [4.69, 9.17) is 0 Å². The number of halogens is 1. The maximum atomic E-state index is 13.1. The number of hydrogen-bond acceptors (Lipinski definition) is 3. The topological polar surface area (TPSA) is 49.4 Å². The molecule has 0 fully saturated rings. The lowest BCUT2D eigenvalue weighted by Crippen LogP contribution is -2.22. The van der Waals surface area contributed by atoms with E-state index in [-0.39, 0.29) is 10.7 Å². The minimum Gasteiger partial charge on any atom is -0.381 e. The predicted octanol–water partition coefficient (Wildman–Crippen LogP) is 2.69. The highest BCUT2D eigenvalue weighted by molar-refractivity contribution is 7.89. The fourth-order valence-electron chi connectivity index (χ4n) is 1.83. The molecule has 0 aliphatic rings. The summed E-state index contributed by atoms with van der Waals surface area (Å²) >= 11 is 0. The smallest absolute Gasteiger partial charge is 0.242 e. The summed E-state index contributed by atoms with van der Waals surface area (Å²) in [4.78, 5) is 0.242. The van der Waals surface area contributed by atoms with Gasteiger partial charge in [0.1, 0.15) is 5.82 Å². The standard InChI is InChI=1S/C15H17FN2O2S/c1-18(2)21(19,20)15-8-3-5-12(9-15)11-17-14-7-4-6-13(16)10-14/h3-10,17H,11H2,1-2H3. The van der Waals surface area contributed by atoms with Gasteiger partial charge in [-0.05, 0) is 35.9 Å². The molecule has 0 unspecified atom stereocenters. The van der Waals surface area contributed by atoms with Gasteiger partial charge >= 0.3 is 0 Å². The summed E-state index contributed by atoms with van der Waals surface area (Å²) in [6, 6.07) is 12.8. The van der Waals surface area contributed by atoms with Gasteiger partial charge in [-0.3, -0.25) is 0 Å². The maximum absolute atomic E-state index is 13.1. The fraction of sp³-hybridized carbons (Fsp3) is 0.200. The lowest BCUT2D eigenvalue weighted by atomic mass is 10.2. The van der Waals surface area contributed by atoms with E-state index in [2.05, 4.69) is 5.32 Å². The lowest BCUT2D eigenvalue weighted by Gasteiger charge is -2.13. The summed E-state index contributed by atoms with van der Waals surface area (Å²) in [5.41, 5.74) is 1.46. The SMILES string of the molecule is CN(C)S(=O)(=O)c1cccc(CNc2cccc(F)c2)c1. The van der Waals surface area contributed by atoms with Gasteiger partial charge in [-0.15, -0.1) is 0 Å². The number of hydrogen-bond donors (Lipinski definition) is 1. The molecule has 0 amide bonds. The molecule has 2 rings (SSSR count). The summed E-state index contributed by atoms with van der Waals surface area (Å²) in [7, 11) is -0.457. The average Bonchev–Trinajstić information content (AvgIpc) is 2.45.